The average Bonchev–Trinajstić information content (AvgIpc) is 3.33. The molecule has 2 aromatic heterocycles. The zero-order valence-electron chi connectivity index (χ0n) is 16.0. The predicted octanol–water partition coefficient (Wildman–Crippen LogP) is 2.89. The van der Waals surface area contributed by atoms with Gasteiger partial charge in [-0.3, -0.25) is 0 Å². The Bertz CT molecular complexity index is 1000. The largest absolute Gasteiger partial charge is 0.386 e. The van der Waals surface area contributed by atoms with Gasteiger partial charge in [0, 0.05) is 11.6 Å². The van der Waals surface area contributed by atoms with Crippen molar-refractivity contribution < 1.29 is 19.3 Å². The molecule has 0 radical (unpaired) electrons. The molecule has 4 heterocycles. The molecule has 3 aromatic rings. The third-order valence-corrected chi connectivity index (χ3v) is 5.50. The van der Waals surface area contributed by atoms with E-state index in [1.807, 2.05) is 67.9 Å². The van der Waals surface area contributed by atoms with Gasteiger partial charge in [0.15, 0.2) is 12.0 Å². The lowest BCUT2D eigenvalue weighted by molar-refractivity contribution is -0.207. The lowest BCUT2D eigenvalue weighted by Gasteiger charge is -2.27. The summed E-state index contributed by atoms with van der Waals surface area (Å²) in [6, 6.07) is 11.5. The van der Waals surface area contributed by atoms with Gasteiger partial charge in [-0.25, -0.2) is 9.97 Å². The van der Waals surface area contributed by atoms with Crippen LogP contribution in [0, 0.1) is 6.92 Å². The van der Waals surface area contributed by atoms with Gasteiger partial charge >= 0.3 is 0 Å². The van der Waals surface area contributed by atoms with Crippen LogP contribution in [-0.4, -0.2) is 43.7 Å². The van der Waals surface area contributed by atoms with Crippen LogP contribution in [0.3, 0.4) is 0 Å². The zero-order valence-corrected chi connectivity index (χ0v) is 16.0. The van der Waals surface area contributed by atoms with Crippen LogP contribution in [0.15, 0.2) is 48.9 Å². The molecular weight excluding hydrogens is 358 g/mol. The molecule has 0 saturated carbocycles. The highest BCUT2D eigenvalue weighted by Crippen LogP contribution is 2.47. The maximum absolute atomic E-state index is 11.0. The van der Waals surface area contributed by atoms with E-state index in [2.05, 4.69) is 9.97 Å². The van der Waals surface area contributed by atoms with E-state index in [4.69, 9.17) is 14.2 Å². The molecule has 0 aliphatic carbocycles. The van der Waals surface area contributed by atoms with Crippen molar-refractivity contribution in [1.29, 1.82) is 0 Å². The molecule has 146 valence electrons. The summed E-state index contributed by atoms with van der Waals surface area (Å²) in [7, 11) is 0. The number of aromatic nitrogens is 3. The number of nitrogens with zero attached hydrogens (tertiary/aromatic N) is 3. The van der Waals surface area contributed by atoms with Crippen LogP contribution in [0.2, 0.25) is 0 Å². The number of rotatable bonds is 3. The van der Waals surface area contributed by atoms with Crippen molar-refractivity contribution in [3.63, 3.8) is 0 Å². The first kappa shape index (κ1) is 17.8. The number of hydrogen-bond acceptors (Lipinski definition) is 6. The second-order valence-corrected chi connectivity index (χ2v) is 7.83. The average molecular weight is 381 g/mol. The summed E-state index contributed by atoms with van der Waals surface area (Å²) in [5.41, 5.74) is 2.47. The summed E-state index contributed by atoms with van der Waals surface area (Å²) < 4.78 is 20.6. The first-order valence-corrected chi connectivity index (χ1v) is 9.47. The fourth-order valence-electron chi connectivity index (χ4n) is 4.23. The molecular formula is C21H23N3O4. The van der Waals surface area contributed by atoms with Crippen molar-refractivity contribution in [2.24, 2.45) is 0 Å². The molecule has 0 amide bonds. The number of fused-ring (bicyclic) bond motifs is 2. The van der Waals surface area contributed by atoms with E-state index in [0.717, 1.165) is 22.3 Å². The SMILES string of the molecule is Cc1ncnc2c1ccn2[C@@H]1O[C@H](C(O)c2ccccc2)[C@H]2OC(C)(C)O[C@H]21. The Kier molecular flexibility index (Phi) is 4.03. The molecule has 1 unspecified atom stereocenters. The summed E-state index contributed by atoms with van der Waals surface area (Å²) in [4.78, 5) is 8.70. The number of hydrogen-bond donors (Lipinski definition) is 1. The molecule has 2 fully saturated rings. The Morgan fingerprint density at radius 1 is 1.07 bits per heavy atom. The maximum Gasteiger partial charge on any atom is 0.164 e. The quantitative estimate of drug-likeness (QED) is 0.752. The molecule has 28 heavy (non-hydrogen) atoms. The summed E-state index contributed by atoms with van der Waals surface area (Å²) in [5.74, 6) is -0.750. The van der Waals surface area contributed by atoms with Gasteiger partial charge in [-0.05, 0) is 32.4 Å². The Morgan fingerprint density at radius 3 is 2.61 bits per heavy atom. The lowest BCUT2D eigenvalue weighted by atomic mass is 9.99. The zero-order chi connectivity index (χ0) is 19.5. The second kappa shape index (κ2) is 6.35. The first-order chi connectivity index (χ1) is 13.4. The standard InChI is InChI=1S/C21H23N3O4/c1-12-14-9-10-24(19(14)23-11-22-12)20-18-17(27-21(2,3)28-18)16(26-20)15(25)13-7-5-4-6-8-13/h4-11,15-18,20,25H,1-3H3/t15?,16-,17-,18-,20-/m1/s1. The van der Waals surface area contributed by atoms with E-state index < -0.39 is 30.3 Å². The molecule has 5 atom stereocenters. The maximum atomic E-state index is 11.0. The second-order valence-electron chi connectivity index (χ2n) is 7.83. The van der Waals surface area contributed by atoms with Gasteiger partial charge in [0.25, 0.3) is 0 Å². The highest BCUT2D eigenvalue weighted by Gasteiger charge is 2.57. The van der Waals surface area contributed by atoms with Gasteiger partial charge in [0.2, 0.25) is 0 Å². The van der Waals surface area contributed by atoms with Crippen LogP contribution < -0.4 is 0 Å². The Morgan fingerprint density at radius 2 is 1.82 bits per heavy atom. The van der Waals surface area contributed by atoms with Crippen molar-refractivity contribution >= 4 is 11.0 Å². The van der Waals surface area contributed by atoms with Crippen molar-refractivity contribution in [2.45, 2.75) is 57.2 Å². The smallest absolute Gasteiger partial charge is 0.164 e. The molecule has 1 N–H and O–H groups in total. The van der Waals surface area contributed by atoms with Gasteiger partial charge in [-0.1, -0.05) is 30.3 Å². The number of benzene rings is 1. The number of ether oxygens (including phenoxy) is 3. The third-order valence-electron chi connectivity index (χ3n) is 5.50. The fraction of sp³-hybridized carbons (Fsp3) is 0.429. The minimum atomic E-state index is -0.825. The predicted molar refractivity (Wildman–Crippen MR) is 101 cm³/mol. The van der Waals surface area contributed by atoms with Crippen LogP contribution >= 0.6 is 0 Å². The summed E-state index contributed by atoms with van der Waals surface area (Å²) in [6.45, 7) is 5.72. The van der Waals surface area contributed by atoms with Gasteiger partial charge in [-0.2, -0.15) is 0 Å². The van der Waals surface area contributed by atoms with Crippen molar-refractivity contribution in [3.8, 4) is 0 Å². The monoisotopic (exact) mass is 381 g/mol. The van der Waals surface area contributed by atoms with E-state index in [1.165, 1.54) is 0 Å². The molecule has 7 nitrogen and oxygen atoms in total. The van der Waals surface area contributed by atoms with E-state index in [1.54, 1.807) is 6.33 Å². The number of aliphatic hydroxyl groups excluding tert-OH is 1. The summed E-state index contributed by atoms with van der Waals surface area (Å²) >= 11 is 0. The number of aryl methyl sites for hydroxylation is 1. The van der Waals surface area contributed by atoms with Gasteiger partial charge < -0.3 is 23.9 Å². The molecule has 2 saturated heterocycles. The van der Waals surface area contributed by atoms with Crippen LogP contribution in [0.1, 0.15) is 37.4 Å². The molecule has 1 aromatic carbocycles. The molecule has 0 bridgehead atoms. The van der Waals surface area contributed by atoms with Crippen molar-refractivity contribution in [3.05, 3.63) is 60.2 Å². The normalized spacial score (nSPS) is 29.9. The fourth-order valence-corrected chi connectivity index (χ4v) is 4.23. The molecule has 7 heteroatoms. The van der Waals surface area contributed by atoms with Gasteiger partial charge in [0.05, 0.1) is 5.69 Å². The van der Waals surface area contributed by atoms with Crippen molar-refractivity contribution in [1.82, 2.24) is 14.5 Å². The highest BCUT2D eigenvalue weighted by molar-refractivity contribution is 5.78. The Labute approximate surface area is 162 Å². The summed E-state index contributed by atoms with van der Waals surface area (Å²) in [5, 5.41) is 12.0. The lowest BCUT2D eigenvalue weighted by Crippen LogP contribution is -2.34. The van der Waals surface area contributed by atoms with E-state index in [-0.39, 0.29) is 6.10 Å². The van der Waals surface area contributed by atoms with Crippen LogP contribution in [-0.2, 0) is 14.2 Å². The van der Waals surface area contributed by atoms with Crippen molar-refractivity contribution in [2.75, 3.05) is 0 Å². The molecule has 5 rings (SSSR count). The summed E-state index contributed by atoms with van der Waals surface area (Å²) in [6.07, 6.45) is 0.892. The topological polar surface area (TPSA) is 78.6 Å². The van der Waals surface area contributed by atoms with Gasteiger partial charge in [0.1, 0.15) is 36.4 Å². The van der Waals surface area contributed by atoms with E-state index >= 15 is 0 Å². The molecule has 0 spiro atoms. The minimum absolute atomic E-state index is 0.357. The Hall–Kier alpha value is -2.32. The first-order valence-electron chi connectivity index (χ1n) is 9.47. The van der Waals surface area contributed by atoms with Crippen LogP contribution in [0.5, 0.6) is 0 Å². The van der Waals surface area contributed by atoms with Gasteiger partial charge in [-0.15, -0.1) is 0 Å². The Balaban J connectivity index is 1.55. The highest BCUT2D eigenvalue weighted by atomic mass is 16.8. The minimum Gasteiger partial charge on any atom is -0.386 e. The van der Waals surface area contributed by atoms with Crippen LogP contribution in [0.25, 0.3) is 11.0 Å². The van der Waals surface area contributed by atoms with E-state index in [9.17, 15) is 5.11 Å². The van der Waals surface area contributed by atoms with E-state index in [0.29, 0.717) is 0 Å². The molecule has 2 aliphatic heterocycles. The molecule has 2 aliphatic rings. The van der Waals surface area contributed by atoms with Crippen LogP contribution in [0.4, 0.5) is 0 Å². The third kappa shape index (κ3) is 2.74. The number of aliphatic hydroxyl groups is 1.